The minimum atomic E-state index is -0.610. The van der Waals surface area contributed by atoms with Crippen LogP contribution in [-0.4, -0.2) is 70.2 Å². The van der Waals surface area contributed by atoms with Gasteiger partial charge in [-0.05, 0) is 57.7 Å². The van der Waals surface area contributed by atoms with Crippen LogP contribution in [0.1, 0.15) is 75.0 Å². The predicted molar refractivity (Wildman–Crippen MR) is 140 cm³/mol. The van der Waals surface area contributed by atoms with Gasteiger partial charge in [-0.3, -0.25) is 9.59 Å². The summed E-state index contributed by atoms with van der Waals surface area (Å²) in [5, 5.41) is 8.56. The molecule has 0 aliphatic heterocycles. The van der Waals surface area contributed by atoms with Gasteiger partial charge in [0.1, 0.15) is 6.04 Å². The number of benzene rings is 1. The quantitative estimate of drug-likeness (QED) is 0.202. The van der Waals surface area contributed by atoms with E-state index in [-0.39, 0.29) is 23.1 Å². The Hall–Kier alpha value is -2.19. The molecular weight excluding hydrogens is 460 g/mol. The molecule has 1 amide bonds. The average Bonchev–Trinajstić information content (AvgIpc) is 3.32. The fourth-order valence-electron chi connectivity index (χ4n) is 5.00. The molecule has 1 unspecified atom stereocenters. The van der Waals surface area contributed by atoms with E-state index in [2.05, 4.69) is 53.2 Å². The molecule has 1 fully saturated rings. The Morgan fingerprint density at radius 2 is 1.86 bits per heavy atom. The highest BCUT2D eigenvalue weighted by Crippen LogP contribution is 2.39. The lowest BCUT2D eigenvalue weighted by molar-refractivity contribution is -0.128. The summed E-state index contributed by atoms with van der Waals surface area (Å²) in [5.41, 5.74) is 0.917. The first-order chi connectivity index (χ1) is 16.8. The van der Waals surface area contributed by atoms with E-state index >= 15 is 0 Å². The third kappa shape index (κ3) is 7.64. The molecule has 0 N–H and O–H groups in total. The number of amides is 1. The van der Waals surface area contributed by atoms with Crippen LogP contribution in [0, 0.1) is 5.92 Å². The fourth-order valence-corrected chi connectivity index (χ4v) is 5.87. The van der Waals surface area contributed by atoms with Crippen molar-refractivity contribution in [1.29, 1.82) is 0 Å². The summed E-state index contributed by atoms with van der Waals surface area (Å²) in [6.45, 7) is 5.03. The fraction of sp³-hybridized carbons (Fsp3) is 0.630. The minimum Gasteiger partial charge on any atom is -0.408 e. The maximum atomic E-state index is 13.7. The Kier molecular flexibility index (Phi) is 10.3. The summed E-state index contributed by atoms with van der Waals surface area (Å²) in [6, 6.07) is 9.77. The van der Waals surface area contributed by atoms with Crippen molar-refractivity contribution in [2.24, 2.45) is 5.92 Å². The van der Waals surface area contributed by atoms with Crippen molar-refractivity contribution >= 4 is 24.0 Å². The zero-order chi connectivity index (χ0) is 25.3. The van der Waals surface area contributed by atoms with Gasteiger partial charge in [0.15, 0.2) is 0 Å². The van der Waals surface area contributed by atoms with Crippen molar-refractivity contribution in [3.05, 3.63) is 41.8 Å². The highest BCUT2D eigenvalue weighted by molar-refractivity contribution is 7.99. The molecule has 1 heterocycles. The molecule has 1 aromatic heterocycles. The van der Waals surface area contributed by atoms with E-state index in [0.29, 0.717) is 11.6 Å². The zero-order valence-corrected chi connectivity index (χ0v) is 22.4. The lowest BCUT2D eigenvalue weighted by Gasteiger charge is -2.48. The van der Waals surface area contributed by atoms with E-state index in [9.17, 15) is 9.59 Å². The van der Waals surface area contributed by atoms with Gasteiger partial charge < -0.3 is 14.2 Å². The number of carbonyl (C=O) groups excluding carboxylic acids is 2. The normalized spacial score (nSPS) is 16.4. The number of carbonyl (C=O) groups is 2. The molecule has 8 heteroatoms. The zero-order valence-electron chi connectivity index (χ0n) is 21.6. The topological polar surface area (TPSA) is 79.5 Å². The van der Waals surface area contributed by atoms with Crippen molar-refractivity contribution in [1.82, 2.24) is 20.0 Å². The van der Waals surface area contributed by atoms with Gasteiger partial charge in [-0.2, -0.15) is 0 Å². The summed E-state index contributed by atoms with van der Waals surface area (Å²) in [5.74, 6) is 0.783. The minimum absolute atomic E-state index is 0.00359. The van der Waals surface area contributed by atoms with Crippen LogP contribution >= 0.6 is 11.8 Å². The number of aryl methyl sites for hydroxylation is 1. The van der Waals surface area contributed by atoms with E-state index in [1.807, 2.05) is 25.1 Å². The third-order valence-corrected chi connectivity index (χ3v) is 7.68. The van der Waals surface area contributed by atoms with Gasteiger partial charge in [0.05, 0.1) is 0 Å². The summed E-state index contributed by atoms with van der Waals surface area (Å²) < 4.78 is 5.76. The lowest BCUT2D eigenvalue weighted by Crippen LogP contribution is -2.57. The maximum absolute atomic E-state index is 13.7. The number of ketones is 1. The Morgan fingerprint density at radius 3 is 2.49 bits per heavy atom. The number of Topliss-reactive ketones (excluding diaryl/α,β-unsaturated/α-hetero) is 1. The van der Waals surface area contributed by atoms with Gasteiger partial charge >= 0.3 is 0 Å². The molecule has 0 saturated heterocycles. The van der Waals surface area contributed by atoms with Gasteiger partial charge in [0, 0.05) is 17.8 Å². The molecule has 1 aliphatic carbocycles. The maximum Gasteiger partial charge on any atom is 0.286 e. The lowest BCUT2D eigenvalue weighted by atomic mass is 9.75. The van der Waals surface area contributed by atoms with E-state index < -0.39 is 6.04 Å². The number of nitrogens with zero attached hydrogens (tertiary/aromatic N) is 4. The second-order valence-electron chi connectivity index (χ2n) is 10.3. The number of rotatable bonds is 14. The van der Waals surface area contributed by atoms with Crippen LogP contribution in [0.15, 0.2) is 40.0 Å². The van der Waals surface area contributed by atoms with E-state index in [0.717, 1.165) is 57.2 Å². The van der Waals surface area contributed by atoms with E-state index in [1.165, 1.54) is 23.7 Å². The third-order valence-electron chi connectivity index (χ3n) is 6.88. The smallest absolute Gasteiger partial charge is 0.286 e. The van der Waals surface area contributed by atoms with E-state index in [1.54, 1.807) is 0 Å². The van der Waals surface area contributed by atoms with Crippen LogP contribution < -0.4 is 0 Å². The summed E-state index contributed by atoms with van der Waals surface area (Å²) in [7, 11) is 4.01. The number of aromatic nitrogens is 2. The Morgan fingerprint density at radius 1 is 1.14 bits per heavy atom. The summed E-state index contributed by atoms with van der Waals surface area (Å²) >= 11 is 1.44. The molecule has 7 nitrogen and oxygen atoms in total. The molecule has 0 bridgehead atoms. The first kappa shape index (κ1) is 27.4. The average molecular weight is 501 g/mol. The highest BCUT2D eigenvalue weighted by atomic mass is 32.2. The standard InChI is InChI=1S/C27H40N4O3S/c1-21(2)19-23(24(33)25-28-29-26(34-25)35-18-17-30(3)4)31(20-32)27(14-9-6-10-15-27)16-13-22-11-7-5-8-12-22/h5,7-8,11-12,20-21,23H,6,9-10,13-19H2,1-4H3. The first-order valence-corrected chi connectivity index (χ1v) is 13.8. The van der Waals surface area contributed by atoms with Gasteiger partial charge in [-0.1, -0.05) is 75.2 Å². The van der Waals surface area contributed by atoms with Crippen LogP contribution in [0.3, 0.4) is 0 Å². The largest absolute Gasteiger partial charge is 0.408 e. The van der Waals surface area contributed by atoms with E-state index in [4.69, 9.17) is 4.42 Å². The molecule has 1 saturated carbocycles. The number of thioether (sulfide) groups is 1. The van der Waals surface area contributed by atoms with Crippen molar-refractivity contribution in [2.75, 3.05) is 26.4 Å². The van der Waals surface area contributed by atoms with Gasteiger partial charge in [-0.15, -0.1) is 10.2 Å². The molecular formula is C27H40N4O3S. The van der Waals surface area contributed by atoms with Crippen molar-refractivity contribution in [3.8, 4) is 0 Å². The van der Waals surface area contributed by atoms with Crippen molar-refractivity contribution < 1.29 is 14.0 Å². The first-order valence-electron chi connectivity index (χ1n) is 12.8. The molecule has 1 atom stereocenters. The second kappa shape index (κ2) is 13.2. The second-order valence-corrected chi connectivity index (χ2v) is 11.4. The SMILES string of the molecule is CC(C)CC(C(=O)c1nnc(SCCN(C)C)o1)N(C=O)C1(CCc2ccccc2)CCCCC1. The molecule has 2 aromatic rings. The number of hydrogen-bond donors (Lipinski definition) is 0. The van der Waals surface area contributed by atoms with Crippen LogP contribution in [0.4, 0.5) is 0 Å². The van der Waals surface area contributed by atoms with Crippen LogP contribution in [0.25, 0.3) is 0 Å². The molecule has 192 valence electrons. The molecule has 0 spiro atoms. The molecule has 0 radical (unpaired) electrons. The van der Waals surface area contributed by atoms with Crippen LogP contribution in [0.2, 0.25) is 0 Å². The van der Waals surface area contributed by atoms with Crippen molar-refractivity contribution in [2.45, 2.75) is 82.0 Å². The van der Waals surface area contributed by atoms with Gasteiger partial charge in [0.2, 0.25) is 12.2 Å². The summed E-state index contributed by atoms with van der Waals surface area (Å²) in [4.78, 5) is 30.3. The predicted octanol–water partition coefficient (Wildman–Crippen LogP) is 5.11. The Labute approximate surface area is 214 Å². The van der Waals surface area contributed by atoms with Crippen molar-refractivity contribution in [3.63, 3.8) is 0 Å². The van der Waals surface area contributed by atoms with Gasteiger partial charge in [0.25, 0.3) is 11.1 Å². The Bertz CT molecular complexity index is 926. The van der Waals surface area contributed by atoms with Crippen LogP contribution in [-0.2, 0) is 11.2 Å². The molecule has 35 heavy (non-hydrogen) atoms. The summed E-state index contributed by atoms with van der Waals surface area (Å²) in [6.07, 6.45) is 8.31. The van der Waals surface area contributed by atoms with Crippen LogP contribution in [0.5, 0.6) is 0 Å². The monoisotopic (exact) mass is 500 g/mol. The Balaban J connectivity index is 1.84. The highest BCUT2D eigenvalue weighted by Gasteiger charge is 2.44. The molecule has 3 rings (SSSR count). The molecule has 1 aliphatic rings. The van der Waals surface area contributed by atoms with Gasteiger partial charge in [-0.25, -0.2) is 0 Å². The molecule has 1 aromatic carbocycles. The number of hydrogen-bond acceptors (Lipinski definition) is 7.